The molecule has 1 unspecified atom stereocenters. The Hall–Kier alpha value is -2.77. The Morgan fingerprint density at radius 2 is 1.91 bits per heavy atom. The Labute approximate surface area is 211 Å². The molecule has 0 bridgehead atoms. The van der Waals surface area contributed by atoms with Gasteiger partial charge in [-0.1, -0.05) is 53.5 Å². The molecule has 0 fully saturated rings. The minimum atomic E-state index is -0.444. The fraction of sp³-hybridized carbons (Fsp3) is 0.192. The highest BCUT2D eigenvalue weighted by atomic mass is 35.5. The van der Waals surface area contributed by atoms with Crippen molar-refractivity contribution in [3.05, 3.63) is 98.0 Å². The van der Waals surface area contributed by atoms with Gasteiger partial charge in [0.15, 0.2) is 6.17 Å². The predicted molar refractivity (Wildman–Crippen MR) is 137 cm³/mol. The van der Waals surface area contributed by atoms with Gasteiger partial charge in [0.2, 0.25) is 0 Å². The van der Waals surface area contributed by atoms with Crippen LogP contribution in [-0.4, -0.2) is 17.4 Å². The van der Waals surface area contributed by atoms with Crippen LogP contribution in [0.3, 0.4) is 0 Å². The van der Waals surface area contributed by atoms with E-state index < -0.39 is 6.17 Å². The molecular formula is C26H21Cl2N3O2S. The lowest BCUT2D eigenvalue weighted by Crippen LogP contribution is -2.38. The molecule has 2 aromatic heterocycles. The number of furan rings is 1. The number of benzene rings is 2. The zero-order valence-electron chi connectivity index (χ0n) is 18.1. The van der Waals surface area contributed by atoms with Crippen molar-refractivity contribution >= 4 is 45.4 Å². The van der Waals surface area contributed by atoms with Crippen LogP contribution in [0.15, 0.2) is 65.1 Å². The summed E-state index contributed by atoms with van der Waals surface area (Å²) in [6.07, 6.45) is 0.425. The molecule has 1 atom stereocenters. The SMILES string of the molecule is O=C1NC(c2ccc(-c3ccc(Cl)cc3Cl)o2)Nc2sc3c(c21)CCN(Cc1ccccc1)C3. The molecule has 2 N–H and O–H groups in total. The van der Waals surface area contributed by atoms with Gasteiger partial charge in [-0.25, -0.2) is 0 Å². The number of fused-ring (bicyclic) bond motifs is 3. The van der Waals surface area contributed by atoms with E-state index in [-0.39, 0.29) is 5.91 Å². The molecule has 34 heavy (non-hydrogen) atoms. The number of thiophene rings is 1. The van der Waals surface area contributed by atoms with E-state index in [1.807, 2.05) is 24.3 Å². The van der Waals surface area contributed by atoms with Crippen molar-refractivity contribution in [2.24, 2.45) is 0 Å². The second-order valence-electron chi connectivity index (χ2n) is 8.53. The summed E-state index contributed by atoms with van der Waals surface area (Å²) in [5.41, 5.74) is 4.01. The molecule has 4 aromatic rings. The summed E-state index contributed by atoms with van der Waals surface area (Å²) in [6.45, 7) is 2.69. The van der Waals surface area contributed by atoms with Gasteiger partial charge in [0.1, 0.15) is 16.5 Å². The molecule has 0 aliphatic carbocycles. The first kappa shape index (κ1) is 21.7. The molecule has 2 aliphatic rings. The number of carbonyl (C=O) groups is 1. The fourth-order valence-corrected chi connectivity index (χ4v) is 6.45. The second kappa shape index (κ2) is 8.78. The minimum absolute atomic E-state index is 0.0600. The number of halogens is 2. The van der Waals surface area contributed by atoms with Crippen molar-refractivity contribution in [3.8, 4) is 11.3 Å². The lowest BCUT2D eigenvalue weighted by Gasteiger charge is -2.28. The molecule has 5 nitrogen and oxygen atoms in total. The number of hydrogen-bond donors (Lipinski definition) is 2. The number of anilines is 1. The summed E-state index contributed by atoms with van der Waals surface area (Å²) < 4.78 is 6.07. The molecule has 4 heterocycles. The van der Waals surface area contributed by atoms with E-state index in [0.29, 0.717) is 21.6 Å². The van der Waals surface area contributed by atoms with Gasteiger partial charge in [0.05, 0.1) is 10.6 Å². The maximum Gasteiger partial charge on any atom is 0.256 e. The predicted octanol–water partition coefficient (Wildman–Crippen LogP) is 6.73. The van der Waals surface area contributed by atoms with Crippen molar-refractivity contribution in [1.29, 1.82) is 0 Å². The Kier molecular flexibility index (Phi) is 5.62. The van der Waals surface area contributed by atoms with Crippen LogP contribution >= 0.6 is 34.5 Å². The molecular weight excluding hydrogens is 489 g/mol. The Morgan fingerprint density at radius 3 is 2.74 bits per heavy atom. The van der Waals surface area contributed by atoms with Crippen LogP contribution in [0.1, 0.15) is 38.3 Å². The van der Waals surface area contributed by atoms with Gasteiger partial charge >= 0.3 is 0 Å². The Bertz CT molecular complexity index is 1380. The number of amides is 1. The average Bonchev–Trinajstić information content (AvgIpc) is 3.44. The maximum atomic E-state index is 13.1. The monoisotopic (exact) mass is 509 g/mol. The first-order valence-electron chi connectivity index (χ1n) is 11.1. The Morgan fingerprint density at radius 1 is 1.06 bits per heavy atom. The zero-order valence-corrected chi connectivity index (χ0v) is 20.4. The molecule has 2 aliphatic heterocycles. The molecule has 8 heteroatoms. The van der Waals surface area contributed by atoms with Crippen molar-refractivity contribution in [1.82, 2.24) is 10.2 Å². The second-order valence-corrected chi connectivity index (χ2v) is 10.5. The largest absolute Gasteiger partial charge is 0.457 e. The highest BCUT2D eigenvalue weighted by molar-refractivity contribution is 7.16. The number of carbonyl (C=O) groups excluding carboxylic acids is 1. The fourth-order valence-electron chi connectivity index (χ4n) is 4.63. The third kappa shape index (κ3) is 4.01. The van der Waals surface area contributed by atoms with Crippen LogP contribution in [0.5, 0.6) is 0 Å². The third-order valence-electron chi connectivity index (χ3n) is 6.27. The van der Waals surface area contributed by atoms with E-state index in [1.165, 1.54) is 16.0 Å². The topological polar surface area (TPSA) is 57.5 Å². The van der Waals surface area contributed by atoms with E-state index in [1.54, 1.807) is 23.5 Å². The van der Waals surface area contributed by atoms with Crippen LogP contribution < -0.4 is 10.6 Å². The molecule has 172 valence electrons. The summed E-state index contributed by atoms with van der Waals surface area (Å²) in [5, 5.41) is 8.52. The van der Waals surface area contributed by atoms with E-state index in [9.17, 15) is 4.79 Å². The van der Waals surface area contributed by atoms with Crippen LogP contribution in [0.25, 0.3) is 11.3 Å². The highest BCUT2D eigenvalue weighted by Gasteiger charge is 2.34. The van der Waals surface area contributed by atoms with Gasteiger partial charge in [-0.3, -0.25) is 9.69 Å². The lowest BCUT2D eigenvalue weighted by atomic mass is 10.0. The number of nitrogens with zero attached hydrogens (tertiary/aromatic N) is 1. The lowest BCUT2D eigenvalue weighted by molar-refractivity contribution is 0.0930. The number of hydrogen-bond acceptors (Lipinski definition) is 5. The molecule has 0 saturated heterocycles. The molecule has 0 radical (unpaired) electrons. The van der Waals surface area contributed by atoms with E-state index in [0.717, 1.165) is 42.2 Å². The number of rotatable bonds is 4. The molecule has 1 amide bonds. The Balaban J connectivity index is 1.22. The van der Waals surface area contributed by atoms with Crippen LogP contribution in [0.4, 0.5) is 5.00 Å². The molecule has 0 spiro atoms. The number of nitrogens with one attached hydrogen (secondary N) is 2. The molecule has 2 aromatic carbocycles. The van der Waals surface area contributed by atoms with Crippen molar-refractivity contribution < 1.29 is 9.21 Å². The van der Waals surface area contributed by atoms with E-state index >= 15 is 0 Å². The van der Waals surface area contributed by atoms with Gasteiger partial charge in [-0.05, 0) is 47.9 Å². The van der Waals surface area contributed by atoms with E-state index in [2.05, 4.69) is 39.8 Å². The van der Waals surface area contributed by atoms with Crippen LogP contribution in [0, 0.1) is 0 Å². The summed E-state index contributed by atoms with van der Waals surface area (Å²) in [5.74, 6) is 1.19. The maximum absolute atomic E-state index is 13.1. The highest BCUT2D eigenvalue weighted by Crippen LogP contribution is 2.41. The van der Waals surface area contributed by atoms with Crippen molar-refractivity contribution in [3.63, 3.8) is 0 Å². The third-order valence-corrected chi connectivity index (χ3v) is 7.97. The van der Waals surface area contributed by atoms with Gasteiger partial charge in [-0.15, -0.1) is 11.3 Å². The van der Waals surface area contributed by atoms with Gasteiger partial charge in [-0.2, -0.15) is 0 Å². The standard InChI is InChI=1S/C26H21Cl2N3O2S/c27-16-6-7-17(19(28)12-16)20-8-9-21(33-20)24-29-25(32)23-18-10-11-31(13-15-4-2-1-3-5-15)14-22(18)34-26(23)30-24/h1-9,12,24,30H,10-11,13-14H2,(H,29,32). The normalized spacial score (nSPS) is 17.6. The summed E-state index contributed by atoms with van der Waals surface area (Å²) in [7, 11) is 0. The van der Waals surface area contributed by atoms with Crippen LogP contribution in [-0.2, 0) is 19.5 Å². The van der Waals surface area contributed by atoms with Gasteiger partial charge in [0, 0.05) is 35.1 Å². The van der Waals surface area contributed by atoms with Crippen molar-refractivity contribution in [2.75, 3.05) is 11.9 Å². The first-order valence-corrected chi connectivity index (χ1v) is 12.7. The first-order chi connectivity index (χ1) is 16.5. The summed E-state index contributed by atoms with van der Waals surface area (Å²) in [4.78, 5) is 16.8. The quantitative estimate of drug-likeness (QED) is 0.320. The molecule has 0 saturated carbocycles. The van der Waals surface area contributed by atoms with Gasteiger partial charge in [0.25, 0.3) is 5.91 Å². The van der Waals surface area contributed by atoms with E-state index in [4.69, 9.17) is 27.6 Å². The average molecular weight is 510 g/mol. The summed E-state index contributed by atoms with van der Waals surface area (Å²) in [6, 6.07) is 19.5. The van der Waals surface area contributed by atoms with Crippen LogP contribution in [0.2, 0.25) is 10.0 Å². The minimum Gasteiger partial charge on any atom is -0.457 e. The molecule has 6 rings (SSSR count). The van der Waals surface area contributed by atoms with Crippen molar-refractivity contribution in [2.45, 2.75) is 25.7 Å². The smallest absolute Gasteiger partial charge is 0.256 e. The van der Waals surface area contributed by atoms with Gasteiger partial charge < -0.3 is 15.1 Å². The zero-order chi connectivity index (χ0) is 23.2. The summed E-state index contributed by atoms with van der Waals surface area (Å²) >= 11 is 14.0.